The minimum absolute atomic E-state index is 0. The molecule has 0 spiro atoms. The third kappa shape index (κ3) is 3.20. The summed E-state index contributed by atoms with van der Waals surface area (Å²) in [6.07, 6.45) is 0. The lowest BCUT2D eigenvalue weighted by Crippen LogP contribution is -1.97. The highest BCUT2D eigenvalue weighted by Crippen LogP contribution is 2.26. The van der Waals surface area contributed by atoms with Gasteiger partial charge in [0.2, 0.25) is 0 Å². The Morgan fingerprint density at radius 3 is 2.27 bits per heavy atom. The van der Waals surface area contributed by atoms with Gasteiger partial charge in [-0.3, -0.25) is 0 Å². The molecular weight excluding hydrogens is 299 g/mol. The number of rotatable bonds is 2. The Balaban J connectivity index is 0.00000176. The van der Waals surface area contributed by atoms with E-state index in [0.29, 0.717) is 0 Å². The number of benzene rings is 2. The molecule has 0 aliphatic rings. The van der Waals surface area contributed by atoms with Crippen molar-refractivity contribution >= 4 is 34.8 Å². The van der Waals surface area contributed by atoms with Crippen molar-refractivity contribution in [3.63, 3.8) is 0 Å². The predicted molar refractivity (Wildman–Crippen MR) is 92.9 cm³/mol. The molecule has 0 saturated carbocycles. The first-order chi connectivity index (χ1) is 10.0. The van der Waals surface area contributed by atoms with Crippen molar-refractivity contribution in [2.45, 2.75) is 20.8 Å². The van der Waals surface area contributed by atoms with Gasteiger partial charge >= 0.3 is 0 Å². The number of fused-ring (bicyclic) bond motifs is 1. The van der Waals surface area contributed by atoms with Gasteiger partial charge < -0.3 is 5.32 Å². The summed E-state index contributed by atoms with van der Waals surface area (Å²) < 4.78 is 12.9. The molecule has 3 aromatic rings. The summed E-state index contributed by atoms with van der Waals surface area (Å²) >= 11 is 0. The molecule has 0 amide bonds. The van der Waals surface area contributed by atoms with Crippen molar-refractivity contribution in [2.75, 3.05) is 5.32 Å². The fourth-order valence-electron chi connectivity index (χ4n) is 2.59. The lowest BCUT2D eigenvalue weighted by Gasteiger charge is -2.11. The molecule has 114 valence electrons. The van der Waals surface area contributed by atoms with Gasteiger partial charge in [0.25, 0.3) is 0 Å². The molecule has 22 heavy (non-hydrogen) atoms. The summed E-state index contributed by atoms with van der Waals surface area (Å²) in [5.74, 6) is 0.535. The van der Waals surface area contributed by atoms with E-state index < -0.39 is 0 Å². The molecule has 0 fully saturated rings. The predicted octanol–water partition coefficient (Wildman–Crippen LogP) is 5.46. The highest BCUT2D eigenvalue weighted by Gasteiger charge is 2.06. The SMILES string of the molecule is Cc1cc(C)c2nc(Nc3ccc(F)cc3)cc(C)c2c1.Cl. The molecule has 4 heteroatoms. The zero-order chi connectivity index (χ0) is 15.0. The summed E-state index contributed by atoms with van der Waals surface area (Å²) in [5.41, 5.74) is 5.41. The Hall–Kier alpha value is -2.13. The average molecular weight is 317 g/mol. The Morgan fingerprint density at radius 1 is 0.909 bits per heavy atom. The van der Waals surface area contributed by atoms with Crippen molar-refractivity contribution in [3.05, 3.63) is 65.0 Å². The van der Waals surface area contributed by atoms with Crippen LogP contribution in [0.25, 0.3) is 10.9 Å². The van der Waals surface area contributed by atoms with Gasteiger partial charge in [-0.2, -0.15) is 0 Å². The van der Waals surface area contributed by atoms with Crippen LogP contribution < -0.4 is 5.32 Å². The van der Waals surface area contributed by atoms with Crippen LogP contribution in [0.5, 0.6) is 0 Å². The van der Waals surface area contributed by atoms with Crippen LogP contribution in [0.2, 0.25) is 0 Å². The molecule has 2 nitrogen and oxygen atoms in total. The Kier molecular flexibility index (Phi) is 4.67. The minimum Gasteiger partial charge on any atom is -0.340 e. The number of aromatic nitrogens is 1. The van der Waals surface area contributed by atoms with E-state index in [1.165, 1.54) is 28.6 Å². The van der Waals surface area contributed by atoms with E-state index >= 15 is 0 Å². The van der Waals surface area contributed by atoms with Gasteiger partial charge in [0.1, 0.15) is 11.6 Å². The van der Waals surface area contributed by atoms with Crippen LogP contribution >= 0.6 is 12.4 Å². The zero-order valence-corrected chi connectivity index (χ0v) is 13.6. The fourth-order valence-corrected chi connectivity index (χ4v) is 2.59. The highest BCUT2D eigenvalue weighted by molar-refractivity contribution is 5.87. The monoisotopic (exact) mass is 316 g/mol. The van der Waals surface area contributed by atoms with E-state index in [0.717, 1.165) is 22.6 Å². The van der Waals surface area contributed by atoms with Gasteiger partial charge in [-0.15, -0.1) is 12.4 Å². The van der Waals surface area contributed by atoms with E-state index in [1.54, 1.807) is 12.1 Å². The molecule has 1 heterocycles. The first-order valence-corrected chi connectivity index (χ1v) is 6.94. The second-order valence-corrected chi connectivity index (χ2v) is 5.43. The Morgan fingerprint density at radius 2 is 1.59 bits per heavy atom. The van der Waals surface area contributed by atoms with Gasteiger partial charge in [0.05, 0.1) is 5.52 Å². The Bertz CT molecular complexity index is 813. The quantitative estimate of drug-likeness (QED) is 0.678. The normalized spacial score (nSPS) is 10.4. The van der Waals surface area contributed by atoms with Crippen LogP contribution in [0.4, 0.5) is 15.9 Å². The molecule has 0 atom stereocenters. The number of anilines is 2. The number of hydrogen-bond acceptors (Lipinski definition) is 2. The van der Waals surface area contributed by atoms with Gasteiger partial charge in [-0.05, 0) is 68.3 Å². The van der Waals surface area contributed by atoms with Crippen LogP contribution in [-0.4, -0.2) is 4.98 Å². The van der Waals surface area contributed by atoms with Crippen LogP contribution in [0.3, 0.4) is 0 Å². The zero-order valence-electron chi connectivity index (χ0n) is 12.8. The maximum absolute atomic E-state index is 12.9. The molecule has 0 saturated heterocycles. The maximum Gasteiger partial charge on any atom is 0.131 e. The van der Waals surface area contributed by atoms with Crippen LogP contribution in [0.1, 0.15) is 16.7 Å². The molecule has 0 aliphatic carbocycles. The topological polar surface area (TPSA) is 24.9 Å². The molecule has 0 radical (unpaired) electrons. The molecule has 0 aliphatic heterocycles. The average Bonchev–Trinajstić information content (AvgIpc) is 2.43. The molecular formula is C18H18ClFN2. The Labute approximate surface area is 135 Å². The van der Waals surface area contributed by atoms with Crippen molar-refractivity contribution in [3.8, 4) is 0 Å². The number of aryl methyl sites for hydroxylation is 3. The standard InChI is InChI=1S/C18H17FN2.ClH/c1-11-8-13(3)18-16(9-11)12(2)10-17(21-18)20-15-6-4-14(19)5-7-15;/h4-10H,1-3H3,(H,20,21);1H. The van der Waals surface area contributed by atoms with E-state index in [-0.39, 0.29) is 18.2 Å². The van der Waals surface area contributed by atoms with Crippen LogP contribution in [0.15, 0.2) is 42.5 Å². The third-order valence-electron chi connectivity index (χ3n) is 3.57. The van der Waals surface area contributed by atoms with Crippen molar-refractivity contribution < 1.29 is 4.39 Å². The largest absolute Gasteiger partial charge is 0.340 e. The molecule has 3 rings (SSSR count). The van der Waals surface area contributed by atoms with E-state index in [1.807, 2.05) is 6.07 Å². The summed E-state index contributed by atoms with van der Waals surface area (Å²) in [7, 11) is 0. The minimum atomic E-state index is -0.241. The van der Waals surface area contributed by atoms with Gasteiger partial charge in [-0.25, -0.2) is 9.37 Å². The van der Waals surface area contributed by atoms with E-state index in [9.17, 15) is 4.39 Å². The lowest BCUT2D eigenvalue weighted by atomic mass is 10.0. The number of nitrogens with zero attached hydrogens (tertiary/aromatic N) is 1. The molecule has 1 aromatic heterocycles. The first-order valence-electron chi connectivity index (χ1n) is 6.94. The molecule has 0 bridgehead atoms. The van der Waals surface area contributed by atoms with Crippen LogP contribution in [-0.2, 0) is 0 Å². The number of nitrogens with one attached hydrogen (secondary N) is 1. The molecule has 2 aromatic carbocycles. The lowest BCUT2D eigenvalue weighted by molar-refractivity contribution is 0.628. The summed E-state index contributed by atoms with van der Waals surface area (Å²) in [6, 6.07) is 12.6. The van der Waals surface area contributed by atoms with Gasteiger partial charge in [-0.1, -0.05) is 11.6 Å². The van der Waals surface area contributed by atoms with Gasteiger partial charge in [0, 0.05) is 11.1 Å². The summed E-state index contributed by atoms with van der Waals surface area (Å²) in [5, 5.41) is 4.41. The van der Waals surface area contributed by atoms with E-state index in [4.69, 9.17) is 0 Å². The van der Waals surface area contributed by atoms with Crippen molar-refractivity contribution in [2.24, 2.45) is 0 Å². The third-order valence-corrected chi connectivity index (χ3v) is 3.57. The number of halogens is 2. The molecule has 0 unspecified atom stereocenters. The fraction of sp³-hybridized carbons (Fsp3) is 0.167. The molecule has 1 N–H and O–H groups in total. The van der Waals surface area contributed by atoms with Crippen molar-refractivity contribution in [1.29, 1.82) is 0 Å². The highest BCUT2D eigenvalue weighted by atomic mass is 35.5. The smallest absolute Gasteiger partial charge is 0.131 e. The van der Waals surface area contributed by atoms with E-state index in [2.05, 4.69) is 43.2 Å². The number of pyridine rings is 1. The summed E-state index contributed by atoms with van der Waals surface area (Å²) in [4.78, 5) is 4.69. The van der Waals surface area contributed by atoms with Crippen molar-refractivity contribution in [1.82, 2.24) is 4.98 Å². The second kappa shape index (κ2) is 6.32. The number of hydrogen-bond donors (Lipinski definition) is 1. The first kappa shape index (κ1) is 16.2. The maximum atomic E-state index is 12.9. The second-order valence-electron chi connectivity index (χ2n) is 5.43. The summed E-state index contributed by atoms with van der Waals surface area (Å²) in [6.45, 7) is 6.25. The van der Waals surface area contributed by atoms with Gasteiger partial charge in [0.15, 0.2) is 0 Å². The van der Waals surface area contributed by atoms with Crippen LogP contribution in [0, 0.1) is 26.6 Å².